The van der Waals surface area contributed by atoms with Gasteiger partial charge in [0, 0.05) is 29.6 Å². The SMILES string of the molecule is COc1ccc(CCNC(=O)C2CCN(Cc3ccc(Cl)cc3F)CC2)cc1OC. The Bertz CT molecular complexity index is 870. The Kier molecular flexibility index (Phi) is 7.94. The zero-order valence-corrected chi connectivity index (χ0v) is 18.2. The third kappa shape index (κ3) is 5.86. The second-order valence-corrected chi connectivity index (χ2v) is 7.95. The molecule has 1 aliphatic heterocycles. The van der Waals surface area contributed by atoms with Crippen molar-refractivity contribution in [1.82, 2.24) is 10.2 Å². The van der Waals surface area contributed by atoms with E-state index in [1.54, 1.807) is 26.4 Å². The van der Waals surface area contributed by atoms with Crippen LogP contribution in [0.3, 0.4) is 0 Å². The van der Waals surface area contributed by atoms with Gasteiger partial charge in [-0.15, -0.1) is 0 Å². The molecule has 1 fully saturated rings. The molecule has 0 saturated carbocycles. The fourth-order valence-corrected chi connectivity index (χ4v) is 3.91. The third-order valence-corrected chi connectivity index (χ3v) is 5.76. The van der Waals surface area contributed by atoms with Crippen LogP contribution in [0.2, 0.25) is 5.02 Å². The number of carbonyl (C=O) groups excluding carboxylic acids is 1. The van der Waals surface area contributed by atoms with Crippen molar-refractivity contribution in [2.45, 2.75) is 25.8 Å². The average Bonchev–Trinajstić information content (AvgIpc) is 2.76. The second-order valence-electron chi connectivity index (χ2n) is 7.52. The molecule has 1 amide bonds. The molecule has 0 aromatic heterocycles. The van der Waals surface area contributed by atoms with Gasteiger partial charge in [-0.05, 0) is 62.2 Å². The predicted octanol–water partition coefficient (Wildman–Crippen LogP) is 4.07. The van der Waals surface area contributed by atoms with Crippen LogP contribution < -0.4 is 14.8 Å². The van der Waals surface area contributed by atoms with Gasteiger partial charge in [0.05, 0.1) is 14.2 Å². The van der Waals surface area contributed by atoms with E-state index in [1.807, 2.05) is 18.2 Å². The molecule has 3 rings (SSSR count). The molecule has 0 unspecified atom stereocenters. The molecule has 2 aromatic carbocycles. The molecule has 7 heteroatoms. The molecule has 1 aliphatic rings. The number of ether oxygens (including phenoxy) is 2. The lowest BCUT2D eigenvalue weighted by atomic mass is 9.95. The monoisotopic (exact) mass is 434 g/mol. The standard InChI is InChI=1S/C23H28ClFN2O3/c1-29-21-6-3-16(13-22(21)30-2)7-10-26-23(28)17-8-11-27(12-9-17)15-18-4-5-19(24)14-20(18)25/h3-6,13-14,17H,7-12,15H2,1-2H3,(H,26,28). The summed E-state index contributed by atoms with van der Waals surface area (Å²) in [5.74, 6) is 1.19. The van der Waals surface area contributed by atoms with Crippen LogP contribution >= 0.6 is 11.6 Å². The van der Waals surface area contributed by atoms with Gasteiger partial charge in [0.15, 0.2) is 11.5 Å². The van der Waals surface area contributed by atoms with Crippen molar-refractivity contribution in [2.24, 2.45) is 5.92 Å². The summed E-state index contributed by atoms with van der Waals surface area (Å²) in [5.41, 5.74) is 1.71. The molecule has 1 saturated heterocycles. The van der Waals surface area contributed by atoms with Crippen molar-refractivity contribution in [3.8, 4) is 11.5 Å². The quantitative estimate of drug-likeness (QED) is 0.680. The van der Waals surface area contributed by atoms with Crippen LogP contribution in [0.4, 0.5) is 4.39 Å². The van der Waals surface area contributed by atoms with E-state index in [-0.39, 0.29) is 17.6 Å². The number of halogens is 2. The van der Waals surface area contributed by atoms with Crippen LogP contribution in [0.5, 0.6) is 11.5 Å². The number of methoxy groups -OCH3 is 2. The van der Waals surface area contributed by atoms with Crippen molar-refractivity contribution in [1.29, 1.82) is 0 Å². The van der Waals surface area contributed by atoms with Crippen LogP contribution in [-0.2, 0) is 17.8 Å². The van der Waals surface area contributed by atoms with Gasteiger partial charge in [-0.25, -0.2) is 4.39 Å². The number of amides is 1. The molecule has 0 bridgehead atoms. The highest BCUT2D eigenvalue weighted by atomic mass is 35.5. The average molecular weight is 435 g/mol. The number of nitrogens with one attached hydrogen (secondary N) is 1. The van der Waals surface area contributed by atoms with Crippen molar-refractivity contribution >= 4 is 17.5 Å². The third-order valence-electron chi connectivity index (χ3n) is 5.53. The summed E-state index contributed by atoms with van der Waals surface area (Å²) in [7, 11) is 3.21. The van der Waals surface area contributed by atoms with Gasteiger partial charge in [-0.2, -0.15) is 0 Å². The Morgan fingerprint density at radius 1 is 1.13 bits per heavy atom. The van der Waals surface area contributed by atoms with Crippen molar-refractivity contribution < 1.29 is 18.7 Å². The number of rotatable bonds is 8. The molecule has 1 N–H and O–H groups in total. The molecule has 2 aromatic rings. The van der Waals surface area contributed by atoms with Crippen LogP contribution in [0.15, 0.2) is 36.4 Å². The lowest BCUT2D eigenvalue weighted by molar-refractivity contribution is -0.126. The smallest absolute Gasteiger partial charge is 0.223 e. The zero-order valence-electron chi connectivity index (χ0n) is 17.4. The molecule has 0 spiro atoms. The lowest BCUT2D eigenvalue weighted by Crippen LogP contribution is -2.40. The van der Waals surface area contributed by atoms with Gasteiger partial charge in [0.2, 0.25) is 5.91 Å². The Morgan fingerprint density at radius 2 is 1.87 bits per heavy atom. The second kappa shape index (κ2) is 10.6. The summed E-state index contributed by atoms with van der Waals surface area (Å²) in [4.78, 5) is 14.7. The molecule has 0 radical (unpaired) electrons. The molecule has 30 heavy (non-hydrogen) atoms. The molecule has 1 heterocycles. The number of hydrogen-bond acceptors (Lipinski definition) is 4. The van der Waals surface area contributed by atoms with E-state index in [4.69, 9.17) is 21.1 Å². The first-order chi connectivity index (χ1) is 14.5. The molecule has 162 valence electrons. The van der Waals surface area contributed by atoms with Crippen LogP contribution in [0.25, 0.3) is 0 Å². The fraction of sp³-hybridized carbons (Fsp3) is 0.435. The largest absolute Gasteiger partial charge is 0.493 e. The number of carbonyl (C=O) groups is 1. The maximum absolute atomic E-state index is 14.0. The van der Waals surface area contributed by atoms with Gasteiger partial charge in [-0.3, -0.25) is 9.69 Å². The van der Waals surface area contributed by atoms with Gasteiger partial charge < -0.3 is 14.8 Å². The van der Waals surface area contributed by atoms with Gasteiger partial charge in [0.25, 0.3) is 0 Å². The molecular formula is C23H28ClFN2O3. The number of piperidine rings is 1. The van der Waals surface area contributed by atoms with Crippen molar-refractivity contribution in [3.63, 3.8) is 0 Å². The Balaban J connectivity index is 1.42. The van der Waals surface area contributed by atoms with E-state index in [0.29, 0.717) is 35.2 Å². The maximum Gasteiger partial charge on any atom is 0.223 e. The normalized spacial score (nSPS) is 15.1. The van der Waals surface area contributed by atoms with E-state index in [0.717, 1.165) is 37.9 Å². The summed E-state index contributed by atoms with van der Waals surface area (Å²) in [6.07, 6.45) is 2.27. The van der Waals surface area contributed by atoms with E-state index in [1.165, 1.54) is 6.07 Å². The minimum Gasteiger partial charge on any atom is -0.493 e. The minimum atomic E-state index is -0.280. The lowest BCUT2D eigenvalue weighted by Gasteiger charge is -2.31. The van der Waals surface area contributed by atoms with E-state index in [9.17, 15) is 9.18 Å². The highest BCUT2D eigenvalue weighted by Gasteiger charge is 2.25. The predicted molar refractivity (Wildman–Crippen MR) is 116 cm³/mol. The van der Waals surface area contributed by atoms with Crippen LogP contribution in [0, 0.1) is 11.7 Å². The minimum absolute atomic E-state index is 0.00159. The maximum atomic E-state index is 14.0. The molecular weight excluding hydrogens is 407 g/mol. The van der Waals surface area contributed by atoms with Gasteiger partial charge >= 0.3 is 0 Å². The number of hydrogen-bond donors (Lipinski definition) is 1. The highest BCUT2D eigenvalue weighted by molar-refractivity contribution is 6.30. The molecule has 5 nitrogen and oxygen atoms in total. The van der Waals surface area contributed by atoms with Crippen LogP contribution in [0.1, 0.15) is 24.0 Å². The van der Waals surface area contributed by atoms with Crippen molar-refractivity contribution in [3.05, 3.63) is 58.4 Å². The van der Waals surface area contributed by atoms with Gasteiger partial charge in [0.1, 0.15) is 5.82 Å². The first-order valence-corrected chi connectivity index (χ1v) is 10.5. The number of likely N-dealkylation sites (tertiary alicyclic amines) is 1. The summed E-state index contributed by atoms with van der Waals surface area (Å²) >= 11 is 5.81. The first-order valence-electron chi connectivity index (χ1n) is 10.1. The molecule has 0 atom stereocenters. The van der Waals surface area contributed by atoms with E-state index >= 15 is 0 Å². The van der Waals surface area contributed by atoms with Gasteiger partial charge in [-0.1, -0.05) is 23.7 Å². The topological polar surface area (TPSA) is 50.8 Å². The summed E-state index contributed by atoms with van der Waals surface area (Å²) < 4.78 is 24.6. The summed E-state index contributed by atoms with van der Waals surface area (Å²) in [5, 5.41) is 3.45. The van der Waals surface area contributed by atoms with Crippen LogP contribution in [-0.4, -0.2) is 44.7 Å². The fourth-order valence-electron chi connectivity index (χ4n) is 3.75. The van der Waals surface area contributed by atoms with Crippen molar-refractivity contribution in [2.75, 3.05) is 33.9 Å². The Hall–Kier alpha value is -2.31. The Morgan fingerprint density at radius 3 is 2.53 bits per heavy atom. The summed E-state index contributed by atoms with van der Waals surface area (Å²) in [6.45, 7) is 2.66. The highest BCUT2D eigenvalue weighted by Crippen LogP contribution is 2.27. The first kappa shape index (κ1) is 22.4. The summed E-state index contributed by atoms with van der Waals surface area (Å²) in [6, 6.07) is 10.6. The van der Waals surface area contributed by atoms with E-state index < -0.39 is 0 Å². The number of nitrogens with zero attached hydrogens (tertiary/aromatic N) is 1. The number of benzene rings is 2. The Labute approximate surface area is 182 Å². The molecule has 0 aliphatic carbocycles. The zero-order chi connectivity index (χ0) is 21.5. The van der Waals surface area contributed by atoms with E-state index in [2.05, 4.69) is 10.2 Å².